The Morgan fingerprint density at radius 1 is 1.00 bits per heavy atom. The average Bonchev–Trinajstić information content (AvgIpc) is 2.45. The fourth-order valence-electron chi connectivity index (χ4n) is 1.83. The van der Waals surface area contributed by atoms with Crippen LogP contribution in [0, 0.1) is 20.8 Å². The predicted octanol–water partition coefficient (Wildman–Crippen LogP) is 3.95. The standard InChI is InChI=1S/C16H17NO.O.V/c1-11-4-6-14(7-5-11)10-17-15-9-12(2)8-13(3)16(15)18;;/h4-10,18H,1-3H3;;. The monoisotopic (exact) mass is 306 g/mol. The van der Waals surface area contributed by atoms with Crippen LogP contribution >= 0.6 is 0 Å². The number of aliphatic imine (C=N–C) groups is 1. The van der Waals surface area contributed by atoms with Crippen molar-refractivity contribution in [1.29, 1.82) is 0 Å². The van der Waals surface area contributed by atoms with E-state index in [1.165, 1.54) is 5.56 Å². The second kappa shape index (κ2) is 7.78. The molecule has 0 unspecified atom stereocenters. The van der Waals surface area contributed by atoms with Crippen LogP contribution in [0.4, 0.5) is 5.69 Å². The number of hydrogen-bond donors (Lipinski definition) is 1. The molecule has 3 nitrogen and oxygen atoms in total. The first-order chi connectivity index (χ1) is 9.56. The summed E-state index contributed by atoms with van der Waals surface area (Å²) in [4.78, 5) is 4.35. The molecule has 1 N–H and O–H groups in total. The molecule has 103 valence electrons. The summed E-state index contributed by atoms with van der Waals surface area (Å²) in [7, 11) is 0. The van der Waals surface area contributed by atoms with Crippen LogP contribution in [-0.4, -0.2) is 11.3 Å². The van der Waals surface area contributed by atoms with Gasteiger partial charge in [0.25, 0.3) is 0 Å². The van der Waals surface area contributed by atoms with E-state index in [-0.39, 0.29) is 5.75 Å². The minimum absolute atomic E-state index is 0.254. The van der Waals surface area contributed by atoms with Crippen LogP contribution in [0.2, 0.25) is 0 Å². The molecule has 0 spiro atoms. The van der Waals surface area contributed by atoms with Gasteiger partial charge in [0, 0.05) is 6.21 Å². The molecule has 0 amide bonds. The van der Waals surface area contributed by atoms with Gasteiger partial charge in [0.05, 0.1) is 0 Å². The summed E-state index contributed by atoms with van der Waals surface area (Å²) in [6.45, 7) is 5.93. The molecule has 0 fully saturated rings. The van der Waals surface area contributed by atoms with Crippen molar-refractivity contribution in [2.45, 2.75) is 20.8 Å². The molecule has 0 aliphatic carbocycles. The zero-order valence-corrected chi connectivity index (χ0v) is 13.2. The van der Waals surface area contributed by atoms with Crippen molar-refractivity contribution in [1.82, 2.24) is 0 Å². The van der Waals surface area contributed by atoms with Gasteiger partial charge in [0.2, 0.25) is 0 Å². The van der Waals surface area contributed by atoms with Crippen LogP contribution in [0.25, 0.3) is 0 Å². The molecule has 0 saturated heterocycles. The summed E-state index contributed by atoms with van der Waals surface area (Å²) >= 11 is 1.06. The van der Waals surface area contributed by atoms with Gasteiger partial charge in [-0.1, -0.05) is 35.9 Å². The van der Waals surface area contributed by atoms with Crippen LogP contribution in [0.1, 0.15) is 22.3 Å². The van der Waals surface area contributed by atoms with Crippen molar-refractivity contribution >= 4 is 11.9 Å². The number of phenolic OH excluding ortho intramolecular Hbond substituents is 1. The summed E-state index contributed by atoms with van der Waals surface area (Å²) < 4.78 is 8.19. The quantitative estimate of drug-likeness (QED) is 0.854. The SMILES string of the molecule is Cc1ccc(C=Nc2cc(C)cc(C)c2O)cc1.[O]=[V]. The molecule has 0 atom stereocenters. The van der Waals surface area contributed by atoms with E-state index >= 15 is 0 Å². The van der Waals surface area contributed by atoms with Gasteiger partial charge in [-0.3, -0.25) is 4.99 Å². The third kappa shape index (κ3) is 4.44. The first-order valence-corrected chi connectivity index (χ1v) is 6.72. The molecule has 0 aromatic heterocycles. The molecule has 2 aromatic rings. The summed E-state index contributed by atoms with van der Waals surface area (Å²) in [5.41, 5.74) is 4.82. The van der Waals surface area contributed by atoms with Crippen molar-refractivity contribution in [3.8, 4) is 5.75 Å². The van der Waals surface area contributed by atoms with E-state index in [4.69, 9.17) is 3.67 Å². The van der Waals surface area contributed by atoms with Crippen LogP contribution in [-0.2, 0) is 21.0 Å². The third-order valence-corrected chi connectivity index (χ3v) is 2.85. The van der Waals surface area contributed by atoms with Gasteiger partial charge in [-0.05, 0) is 43.5 Å². The van der Waals surface area contributed by atoms with Crippen LogP contribution in [0.5, 0.6) is 5.75 Å². The van der Waals surface area contributed by atoms with Gasteiger partial charge < -0.3 is 5.11 Å². The number of nitrogens with zero attached hydrogens (tertiary/aromatic N) is 1. The van der Waals surface area contributed by atoms with Crippen molar-refractivity contribution in [2.24, 2.45) is 4.99 Å². The van der Waals surface area contributed by atoms with Gasteiger partial charge in [-0.25, -0.2) is 0 Å². The summed E-state index contributed by atoms with van der Waals surface area (Å²) in [5.74, 6) is 0.254. The normalized spacial score (nSPS) is 10.1. The Morgan fingerprint density at radius 2 is 1.60 bits per heavy atom. The van der Waals surface area contributed by atoms with Gasteiger partial charge in [-0.2, -0.15) is 0 Å². The second-order valence-corrected chi connectivity index (χ2v) is 4.62. The predicted molar refractivity (Wildman–Crippen MR) is 76.7 cm³/mol. The molecular formula is C16H17NO2V. The summed E-state index contributed by atoms with van der Waals surface area (Å²) in [5, 5.41) is 9.93. The van der Waals surface area contributed by atoms with E-state index < -0.39 is 0 Å². The molecule has 0 aliphatic rings. The van der Waals surface area contributed by atoms with E-state index in [2.05, 4.69) is 11.9 Å². The van der Waals surface area contributed by atoms with E-state index in [0.717, 1.165) is 34.1 Å². The van der Waals surface area contributed by atoms with Crippen molar-refractivity contribution in [3.63, 3.8) is 0 Å². The third-order valence-electron chi connectivity index (χ3n) is 2.85. The number of rotatable bonds is 2. The number of aromatic hydroxyl groups is 1. The Kier molecular flexibility index (Phi) is 6.36. The maximum atomic E-state index is 9.93. The molecule has 0 heterocycles. The number of aryl methyl sites for hydroxylation is 3. The van der Waals surface area contributed by atoms with Crippen molar-refractivity contribution < 1.29 is 26.1 Å². The van der Waals surface area contributed by atoms with Crippen LogP contribution in [0.15, 0.2) is 41.4 Å². The molecule has 0 bridgehead atoms. The number of hydrogen-bond acceptors (Lipinski definition) is 3. The Labute approximate surface area is 128 Å². The molecule has 0 radical (unpaired) electrons. The van der Waals surface area contributed by atoms with Gasteiger partial charge in [0.15, 0.2) is 0 Å². The molecule has 0 aliphatic heterocycles. The van der Waals surface area contributed by atoms with Crippen molar-refractivity contribution in [2.75, 3.05) is 0 Å². The fraction of sp³-hybridized carbons (Fsp3) is 0.188. The van der Waals surface area contributed by atoms with E-state index in [1.807, 2.05) is 50.2 Å². The Balaban J connectivity index is 0.000000956. The van der Waals surface area contributed by atoms with E-state index in [0.29, 0.717) is 5.69 Å². The van der Waals surface area contributed by atoms with Crippen LogP contribution < -0.4 is 0 Å². The molecule has 4 heteroatoms. The van der Waals surface area contributed by atoms with Crippen molar-refractivity contribution in [3.05, 3.63) is 58.7 Å². The fourth-order valence-corrected chi connectivity index (χ4v) is 1.83. The zero-order valence-electron chi connectivity index (χ0n) is 11.8. The van der Waals surface area contributed by atoms with E-state index in [9.17, 15) is 5.11 Å². The zero-order chi connectivity index (χ0) is 15.1. The molecule has 2 aromatic carbocycles. The van der Waals surface area contributed by atoms with Crippen LogP contribution in [0.3, 0.4) is 0 Å². The number of phenols is 1. The molecule has 20 heavy (non-hydrogen) atoms. The molecule has 0 saturated carbocycles. The Morgan fingerprint density at radius 3 is 2.20 bits per heavy atom. The average molecular weight is 306 g/mol. The van der Waals surface area contributed by atoms with Gasteiger partial charge in [-0.15, -0.1) is 0 Å². The number of benzene rings is 2. The molecule has 2 rings (SSSR count). The summed E-state index contributed by atoms with van der Waals surface area (Å²) in [6.07, 6.45) is 1.77. The Bertz CT molecular complexity index is 607. The minimum atomic E-state index is 0.254. The van der Waals surface area contributed by atoms with Gasteiger partial charge >= 0.3 is 21.0 Å². The van der Waals surface area contributed by atoms with Gasteiger partial charge in [0.1, 0.15) is 11.4 Å². The topological polar surface area (TPSA) is 49.7 Å². The van der Waals surface area contributed by atoms with E-state index in [1.54, 1.807) is 6.21 Å². The first-order valence-electron chi connectivity index (χ1n) is 6.15. The Hall–Kier alpha value is -1.71. The maximum absolute atomic E-state index is 9.93. The molecular weight excluding hydrogens is 289 g/mol. The summed E-state index contributed by atoms with van der Waals surface area (Å²) in [6, 6.07) is 11.9. The first kappa shape index (κ1) is 16.3. The second-order valence-electron chi connectivity index (χ2n) is 4.62.